The number of hydrogen-bond acceptors (Lipinski definition) is 3. The number of benzene rings is 2. The molecule has 0 amide bonds. The van der Waals surface area contributed by atoms with Crippen molar-refractivity contribution in [2.45, 2.75) is 24.4 Å². The summed E-state index contributed by atoms with van der Waals surface area (Å²) in [4.78, 5) is 11.6. The molecule has 0 fully saturated rings. The van der Waals surface area contributed by atoms with Gasteiger partial charge in [0.2, 0.25) is 0 Å². The van der Waals surface area contributed by atoms with Crippen LogP contribution in [0.1, 0.15) is 23.1 Å². The van der Waals surface area contributed by atoms with Crippen molar-refractivity contribution in [3.63, 3.8) is 0 Å². The zero-order valence-corrected chi connectivity index (χ0v) is 15.4. The molecule has 0 saturated carbocycles. The zero-order chi connectivity index (χ0) is 19.9. The van der Waals surface area contributed by atoms with Crippen molar-refractivity contribution in [3.05, 3.63) is 65.2 Å². The molecule has 7 heteroatoms. The van der Waals surface area contributed by atoms with Gasteiger partial charge in [0.25, 0.3) is 0 Å². The Balaban J connectivity index is 1.80. The first-order valence-corrected chi connectivity index (χ1v) is 9.16. The number of carbonyl (C=O) groups is 1. The molecule has 144 valence electrons. The van der Waals surface area contributed by atoms with Crippen molar-refractivity contribution in [1.82, 2.24) is 0 Å². The third kappa shape index (κ3) is 7.02. The lowest BCUT2D eigenvalue weighted by Crippen LogP contribution is -2.09. The van der Waals surface area contributed by atoms with Crippen molar-refractivity contribution >= 4 is 23.8 Å². The van der Waals surface area contributed by atoms with Gasteiger partial charge in [-0.3, -0.25) is 0 Å². The van der Waals surface area contributed by atoms with Crippen molar-refractivity contribution in [1.29, 1.82) is 0 Å². The summed E-state index contributed by atoms with van der Waals surface area (Å²) in [5.41, 5.74) is 0.937. The molecular formula is C20H19F3O3S. The van der Waals surface area contributed by atoms with E-state index in [4.69, 9.17) is 9.84 Å². The van der Waals surface area contributed by atoms with Crippen LogP contribution < -0.4 is 4.74 Å². The monoisotopic (exact) mass is 396 g/mol. The fourth-order valence-electron chi connectivity index (χ4n) is 2.26. The number of aryl methyl sites for hydroxylation is 1. The minimum Gasteiger partial charge on any atom is -0.482 e. The molecule has 27 heavy (non-hydrogen) atoms. The molecule has 2 aromatic rings. The summed E-state index contributed by atoms with van der Waals surface area (Å²) in [6.07, 6.45) is 0.175. The first-order valence-electron chi connectivity index (χ1n) is 8.17. The number of allylic oxidation sites excluding steroid dienone is 1. The van der Waals surface area contributed by atoms with E-state index in [2.05, 4.69) is 0 Å². The molecule has 0 atom stereocenters. The van der Waals surface area contributed by atoms with Gasteiger partial charge in [-0.1, -0.05) is 24.3 Å². The highest BCUT2D eigenvalue weighted by Gasteiger charge is 2.29. The molecule has 0 aliphatic rings. The maximum absolute atomic E-state index is 12.5. The van der Waals surface area contributed by atoms with Gasteiger partial charge in [-0.25, -0.2) is 4.79 Å². The van der Waals surface area contributed by atoms with Gasteiger partial charge in [0.15, 0.2) is 6.61 Å². The van der Waals surface area contributed by atoms with Crippen molar-refractivity contribution in [2.75, 3.05) is 12.4 Å². The second-order valence-electron chi connectivity index (χ2n) is 5.77. The van der Waals surface area contributed by atoms with Gasteiger partial charge < -0.3 is 9.84 Å². The fourth-order valence-corrected chi connectivity index (χ4v) is 3.17. The Kier molecular flexibility index (Phi) is 7.36. The van der Waals surface area contributed by atoms with Crippen LogP contribution in [0.2, 0.25) is 0 Å². The van der Waals surface area contributed by atoms with E-state index in [1.54, 1.807) is 23.9 Å². The molecule has 3 nitrogen and oxygen atoms in total. The van der Waals surface area contributed by atoms with E-state index in [0.29, 0.717) is 5.75 Å². The van der Waals surface area contributed by atoms with Crippen LogP contribution in [0, 0.1) is 6.92 Å². The van der Waals surface area contributed by atoms with Crippen LogP contribution in [0.15, 0.2) is 53.4 Å². The topological polar surface area (TPSA) is 46.5 Å². The van der Waals surface area contributed by atoms with Crippen LogP contribution in [0.4, 0.5) is 13.2 Å². The average Bonchev–Trinajstić information content (AvgIpc) is 2.60. The quantitative estimate of drug-likeness (QED) is 0.461. The Morgan fingerprint density at radius 3 is 2.48 bits per heavy atom. The van der Waals surface area contributed by atoms with Crippen molar-refractivity contribution in [3.8, 4) is 5.75 Å². The minimum atomic E-state index is -4.31. The highest BCUT2D eigenvalue weighted by atomic mass is 32.2. The SMILES string of the molecule is Cc1cc(SCCC=Cc2ccc(C(F)(F)F)cc2)ccc1OCC(=O)O. The summed E-state index contributed by atoms with van der Waals surface area (Å²) in [6, 6.07) is 10.6. The van der Waals surface area contributed by atoms with Gasteiger partial charge >= 0.3 is 12.1 Å². The highest BCUT2D eigenvalue weighted by molar-refractivity contribution is 7.99. The Morgan fingerprint density at radius 2 is 1.89 bits per heavy atom. The molecule has 0 unspecified atom stereocenters. The zero-order valence-electron chi connectivity index (χ0n) is 14.6. The predicted octanol–water partition coefficient (Wildman–Crippen LogP) is 5.67. The van der Waals surface area contributed by atoms with Crippen LogP contribution >= 0.6 is 11.8 Å². The number of carboxylic acids is 1. The number of thioether (sulfide) groups is 1. The maximum atomic E-state index is 12.5. The van der Waals surface area contributed by atoms with E-state index in [9.17, 15) is 18.0 Å². The molecule has 0 aliphatic heterocycles. The van der Waals surface area contributed by atoms with E-state index >= 15 is 0 Å². The molecule has 0 aliphatic carbocycles. The second-order valence-corrected chi connectivity index (χ2v) is 6.94. The van der Waals surface area contributed by atoms with E-state index in [1.165, 1.54) is 12.1 Å². The van der Waals surface area contributed by atoms with Gasteiger partial charge in [-0.05, 0) is 54.8 Å². The number of alkyl halides is 3. The number of aliphatic carboxylic acids is 1. The molecule has 2 rings (SSSR count). The lowest BCUT2D eigenvalue weighted by atomic mass is 10.1. The molecule has 0 aromatic heterocycles. The first kappa shape index (κ1) is 20.9. The molecule has 0 bridgehead atoms. The Hall–Kier alpha value is -2.41. The molecule has 0 spiro atoms. The highest BCUT2D eigenvalue weighted by Crippen LogP contribution is 2.29. The number of carboxylic acid groups (broad SMARTS) is 1. The Bertz CT molecular complexity index is 799. The molecule has 0 saturated heterocycles. The summed E-state index contributed by atoms with van der Waals surface area (Å²) < 4.78 is 42.7. The Morgan fingerprint density at radius 1 is 1.19 bits per heavy atom. The summed E-state index contributed by atoms with van der Waals surface area (Å²) in [7, 11) is 0. The number of halogens is 3. The van der Waals surface area contributed by atoms with E-state index in [0.717, 1.165) is 40.3 Å². The minimum absolute atomic E-state index is 0.373. The fraction of sp³-hybridized carbons (Fsp3) is 0.250. The van der Waals surface area contributed by atoms with E-state index in [1.807, 2.05) is 25.1 Å². The molecule has 0 heterocycles. The summed E-state index contributed by atoms with van der Waals surface area (Å²) in [5, 5.41) is 8.63. The molecule has 0 radical (unpaired) electrons. The van der Waals surface area contributed by atoms with Crippen molar-refractivity contribution in [2.24, 2.45) is 0 Å². The van der Waals surface area contributed by atoms with Crippen LogP contribution in [-0.2, 0) is 11.0 Å². The number of rotatable bonds is 8. The van der Waals surface area contributed by atoms with Crippen LogP contribution in [0.3, 0.4) is 0 Å². The third-order valence-electron chi connectivity index (χ3n) is 3.60. The van der Waals surface area contributed by atoms with Crippen LogP contribution in [-0.4, -0.2) is 23.4 Å². The average molecular weight is 396 g/mol. The smallest absolute Gasteiger partial charge is 0.416 e. The number of ether oxygens (including phenoxy) is 1. The first-order chi connectivity index (χ1) is 12.8. The van der Waals surface area contributed by atoms with Crippen LogP contribution in [0.5, 0.6) is 5.75 Å². The van der Waals surface area contributed by atoms with Gasteiger partial charge in [0, 0.05) is 10.6 Å². The normalized spacial score (nSPS) is 11.7. The summed E-state index contributed by atoms with van der Waals surface area (Å²) in [6.45, 7) is 1.48. The summed E-state index contributed by atoms with van der Waals surface area (Å²) in [5.74, 6) is 0.336. The van der Waals surface area contributed by atoms with E-state index in [-0.39, 0.29) is 6.61 Å². The lowest BCUT2D eigenvalue weighted by molar-refractivity contribution is -0.139. The van der Waals surface area contributed by atoms with Gasteiger partial charge in [0.1, 0.15) is 5.75 Å². The van der Waals surface area contributed by atoms with E-state index < -0.39 is 17.7 Å². The maximum Gasteiger partial charge on any atom is 0.416 e. The predicted molar refractivity (Wildman–Crippen MR) is 100 cm³/mol. The van der Waals surface area contributed by atoms with Crippen molar-refractivity contribution < 1.29 is 27.8 Å². The largest absolute Gasteiger partial charge is 0.482 e. The molecule has 2 aromatic carbocycles. The third-order valence-corrected chi connectivity index (χ3v) is 4.63. The molecule has 1 N–H and O–H groups in total. The second kappa shape index (κ2) is 9.50. The number of hydrogen-bond donors (Lipinski definition) is 1. The van der Waals surface area contributed by atoms with Gasteiger partial charge in [-0.15, -0.1) is 11.8 Å². The Labute approximate surface area is 159 Å². The standard InChI is InChI=1S/C20H19F3O3S/c1-14-12-17(9-10-18(14)26-13-19(24)25)27-11-3-2-4-15-5-7-16(8-6-15)20(21,22)23/h2,4-10,12H,3,11,13H2,1H3,(H,24,25). The van der Waals surface area contributed by atoms with Gasteiger partial charge in [0.05, 0.1) is 5.56 Å². The van der Waals surface area contributed by atoms with Crippen LogP contribution in [0.25, 0.3) is 6.08 Å². The van der Waals surface area contributed by atoms with Gasteiger partial charge in [-0.2, -0.15) is 13.2 Å². The summed E-state index contributed by atoms with van der Waals surface area (Å²) >= 11 is 1.64. The molecular weight excluding hydrogens is 377 g/mol. The lowest BCUT2D eigenvalue weighted by Gasteiger charge is -2.08.